The first-order valence-electron chi connectivity index (χ1n) is 8.76. The molecule has 1 saturated heterocycles. The van der Waals surface area contributed by atoms with E-state index in [2.05, 4.69) is 0 Å². The van der Waals surface area contributed by atoms with E-state index >= 15 is 0 Å². The van der Waals surface area contributed by atoms with Crippen LogP contribution in [0, 0.1) is 5.92 Å². The third kappa shape index (κ3) is 3.60. The van der Waals surface area contributed by atoms with Gasteiger partial charge in [-0.1, -0.05) is 19.3 Å². The summed E-state index contributed by atoms with van der Waals surface area (Å²) in [5.74, 6) is 0.330. The highest BCUT2D eigenvalue weighted by atomic mass is 32.1. The molecule has 0 aromatic carbocycles. The van der Waals surface area contributed by atoms with E-state index in [0.29, 0.717) is 0 Å². The lowest BCUT2D eigenvalue weighted by molar-refractivity contribution is -0.135. The number of nitrogens with zero attached hydrogens (tertiary/aromatic N) is 2. The molecule has 0 N–H and O–H groups in total. The molecule has 2 unspecified atom stereocenters. The third-order valence-corrected chi connectivity index (χ3v) is 5.93. The van der Waals surface area contributed by atoms with E-state index < -0.39 is 0 Å². The summed E-state index contributed by atoms with van der Waals surface area (Å²) in [6, 6.07) is 1.98. The van der Waals surface area contributed by atoms with E-state index in [-0.39, 0.29) is 23.8 Å². The van der Waals surface area contributed by atoms with Crippen molar-refractivity contribution in [3.8, 4) is 0 Å². The van der Waals surface area contributed by atoms with E-state index in [9.17, 15) is 9.59 Å². The van der Waals surface area contributed by atoms with Gasteiger partial charge in [-0.3, -0.25) is 9.59 Å². The molecular weight excluding hydrogens is 308 g/mol. The van der Waals surface area contributed by atoms with Crippen LogP contribution in [0.2, 0.25) is 0 Å². The van der Waals surface area contributed by atoms with Crippen LogP contribution in [-0.4, -0.2) is 47.8 Å². The summed E-state index contributed by atoms with van der Waals surface area (Å²) in [7, 11) is 1.92. The SMILES string of the molecule is CN1CCCCCCN(C(=O)c2ccsc2)C2CCCC2C1=O. The minimum atomic E-state index is -0.0133. The first kappa shape index (κ1) is 16.5. The monoisotopic (exact) mass is 334 g/mol. The lowest BCUT2D eigenvalue weighted by Crippen LogP contribution is -2.47. The Labute approximate surface area is 142 Å². The fourth-order valence-electron chi connectivity index (χ4n) is 3.95. The number of thiophene rings is 1. The molecule has 23 heavy (non-hydrogen) atoms. The van der Waals surface area contributed by atoms with Crippen molar-refractivity contribution in [3.63, 3.8) is 0 Å². The summed E-state index contributed by atoms with van der Waals surface area (Å²) in [4.78, 5) is 29.7. The molecule has 2 aliphatic rings. The predicted octanol–water partition coefficient (Wildman–Crippen LogP) is 3.39. The van der Waals surface area contributed by atoms with E-state index in [1.54, 1.807) is 11.3 Å². The van der Waals surface area contributed by atoms with Crippen molar-refractivity contribution in [2.75, 3.05) is 20.1 Å². The smallest absolute Gasteiger partial charge is 0.254 e. The standard InChI is InChI=1S/C18H26N2O2S/c1-19-10-4-2-3-5-11-20(17(21)14-9-12-23-13-14)16-8-6-7-15(16)18(19)22/h9,12-13,15-16H,2-8,10-11H2,1H3. The topological polar surface area (TPSA) is 40.6 Å². The molecule has 0 spiro atoms. The Hall–Kier alpha value is -1.36. The minimum absolute atomic E-state index is 0.0133. The molecular formula is C18H26N2O2S. The maximum atomic E-state index is 12.9. The van der Waals surface area contributed by atoms with Gasteiger partial charge in [-0.2, -0.15) is 11.3 Å². The molecule has 0 radical (unpaired) electrons. The van der Waals surface area contributed by atoms with Gasteiger partial charge in [0, 0.05) is 31.6 Å². The highest BCUT2D eigenvalue weighted by Gasteiger charge is 2.40. The van der Waals surface area contributed by atoms with Crippen LogP contribution in [0.15, 0.2) is 16.8 Å². The molecule has 1 aromatic rings. The van der Waals surface area contributed by atoms with Gasteiger partial charge in [0.25, 0.3) is 5.91 Å². The molecule has 0 bridgehead atoms. The van der Waals surface area contributed by atoms with Gasteiger partial charge >= 0.3 is 0 Å². The highest BCUT2D eigenvalue weighted by molar-refractivity contribution is 7.08. The molecule has 2 fully saturated rings. The van der Waals surface area contributed by atoms with Crippen molar-refractivity contribution in [1.29, 1.82) is 0 Å². The zero-order valence-electron chi connectivity index (χ0n) is 13.9. The Morgan fingerprint density at radius 2 is 1.91 bits per heavy atom. The molecule has 4 nitrogen and oxygen atoms in total. The molecule has 2 heterocycles. The second-order valence-electron chi connectivity index (χ2n) is 6.79. The maximum absolute atomic E-state index is 12.9. The zero-order chi connectivity index (χ0) is 16.2. The summed E-state index contributed by atoms with van der Waals surface area (Å²) in [5, 5.41) is 3.87. The molecule has 5 heteroatoms. The molecule has 2 amide bonds. The van der Waals surface area contributed by atoms with Gasteiger partial charge in [0.15, 0.2) is 0 Å². The van der Waals surface area contributed by atoms with Gasteiger partial charge in [0.1, 0.15) is 0 Å². The van der Waals surface area contributed by atoms with Crippen LogP contribution < -0.4 is 0 Å². The quantitative estimate of drug-likeness (QED) is 0.790. The lowest BCUT2D eigenvalue weighted by Gasteiger charge is -2.33. The number of carbonyl (C=O) groups excluding carboxylic acids is 2. The summed E-state index contributed by atoms with van der Waals surface area (Å²) < 4.78 is 0. The molecule has 2 atom stereocenters. The lowest BCUT2D eigenvalue weighted by atomic mass is 9.99. The Morgan fingerprint density at radius 1 is 1.13 bits per heavy atom. The number of carbonyl (C=O) groups is 2. The van der Waals surface area contributed by atoms with Crippen LogP contribution >= 0.6 is 11.3 Å². The van der Waals surface area contributed by atoms with Crippen LogP contribution in [0.3, 0.4) is 0 Å². The van der Waals surface area contributed by atoms with Gasteiger partial charge in [0.05, 0.1) is 11.5 Å². The zero-order valence-corrected chi connectivity index (χ0v) is 14.7. The Morgan fingerprint density at radius 3 is 2.65 bits per heavy atom. The number of fused-ring (bicyclic) bond motifs is 1. The number of hydrogen-bond donors (Lipinski definition) is 0. The molecule has 1 aliphatic carbocycles. The van der Waals surface area contributed by atoms with Gasteiger partial charge in [-0.15, -0.1) is 0 Å². The fourth-order valence-corrected chi connectivity index (χ4v) is 4.58. The van der Waals surface area contributed by atoms with E-state index in [1.807, 2.05) is 33.7 Å². The molecule has 3 rings (SSSR count). The average molecular weight is 334 g/mol. The number of amides is 2. The fraction of sp³-hybridized carbons (Fsp3) is 0.667. The van der Waals surface area contributed by atoms with Crippen LogP contribution in [0.5, 0.6) is 0 Å². The highest BCUT2D eigenvalue weighted by Crippen LogP contribution is 2.33. The average Bonchev–Trinajstić information content (AvgIpc) is 3.23. The molecule has 1 aliphatic heterocycles. The normalized spacial score (nSPS) is 26.7. The number of hydrogen-bond acceptors (Lipinski definition) is 3. The van der Waals surface area contributed by atoms with E-state index in [4.69, 9.17) is 0 Å². The Kier molecular flexibility index (Phi) is 5.36. The minimum Gasteiger partial charge on any atom is -0.345 e. The van der Waals surface area contributed by atoms with Crippen molar-refractivity contribution in [3.05, 3.63) is 22.4 Å². The van der Waals surface area contributed by atoms with Crippen molar-refractivity contribution in [2.45, 2.75) is 51.0 Å². The van der Waals surface area contributed by atoms with E-state index in [1.165, 1.54) is 0 Å². The summed E-state index contributed by atoms with van der Waals surface area (Å²) in [6.07, 6.45) is 7.29. The van der Waals surface area contributed by atoms with Gasteiger partial charge in [-0.25, -0.2) is 0 Å². The first-order valence-corrected chi connectivity index (χ1v) is 9.71. The molecule has 126 valence electrons. The van der Waals surface area contributed by atoms with Gasteiger partial charge < -0.3 is 9.80 Å². The van der Waals surface area contributed by atoms with Crippen LogP contribution in [0.1, 0.15) is 55.3 Å². The van der Waals surface area contributed by atoms with Gasteiger partial charge in [0.2, 0.25) is 5.91 Å². The summed E-state index contributed by atoms with van der Waals surface area (Å²) in [5.41, 5.74) is 0.774. The van der Waals surface area contributed by atoms with Crippen molar-refractivity contribution in [2.24, 2.45) is 5.92 Å². The molecule has 1 saturated carbocycles. The van der Waals surface area contributed by atoms with Crippen molar-refractivity contribution in [1.82, 2.24) is 9.80 Å². The maximum Gasteiger partial charge on any atom is 0.254 e. The third-order valence-electron chi connectivity index (χ3n) is 5.24. The Bertz CT molecular complexity index is 543. The molecule has 1 aromatic heterocycles. The summed E-state index contributed by atoms with van der Waals surface area (Å²) in [6.45, 7) is 1.63. The summed E-state index contributed by atoms with van der Waals surface area (Å²) >= 11 is 1.56. The second kappa shape index (κ2) is 7.47. The number of rotatable bonds is 1. The van der Waals surface area contributed by atoms with Crippen LogP contribution in [0.25, 0.3) is 0 Å². The van der Waals surface area contributed by atoms with Gasteiger partial charge in [-0.05, 0) is 37.1 Å². The van der Waals surface area contributed by atoms with Crippen LogP contribution in [0.4, 0.5) is 0 Å². The van der Waals surface area contributed by atoms with Crippen LogP contribution in [-0.2, 0) is 4.79 Å². The van der Waals surface area contributed by atoms with Crippen molar-refractivity contribution < 1.29 is 9.59 Å². The first-order chi connectivity index (χ1) is 11.2. The van der Waals surface area contributed by atoms with Crippen molar-refractivity contribution >= 4 is 23.2 Å². The van der Waals surface area contributed by atoms with E-state index in [0.717, 1.165) is 63.6 Å². The second-order valence-corrected chi connectivity index (χ2v) is 7.57. The Balaban J connectivity index is 1.85. The predicted molar refractivity (Wildman–Crippen MR) is 92.6 cm³/mol. The largest absolute Gasteiger partial charge is 0.345 e.